The van der Waals surface area contributed by atoms with E-state index < -0.39 is 0 Å². The zero-order valence-electron chi connectivity index (χ0n) is 7.09. The Morgan fingerprint density at radius 3 is 3.00 bits per heavy atom. The average Bonchev–Trinajstić information content (AvgIpc) is 2.28. The topological polar surface area (TPSA) is 20.2 Å². The van der Waals surface area contributed by atoms with Crippen molar-refractivity contribution in [2.24, 2.45) is 5.92 Å². The van der Waals surface area contributed by atoms with E-state index in [4.69, 9.17) is 5.11 Å². The molecule has 0 aliphatic carbocycles. The summed E-state index contributed by atoms with van der Waals surface area (Å²) < 4.78 is 0. The molecule has 1 rings (SSSR count). The molecule has 1 N–H and O–H groups in total. The molecule has 0 aromatic heterocycles. The van der Waals surface area contributed by atoms with E-state index in [-0.39, 0.29) is 0 Å². The first-order chi connectivity index (χ1) is 5.43. The summed E-state index contributed by atoms with van der Waals surface area (Å²) in [4.78, 5) is 0. The molecule has 0 aromatic rings. The maximum Gasteiger partial charge on any atom is 0.0431 e. The Balaban J connectivity index is 2.09. The van der Waals surface area contributed by atoms with Crippen molar-refractivity contribution in [2.45, 2.75) is 32.1 Å². The van der Waals surface area contributed by atoms with Crippen molar-refractivity contribution in [1.82, 2.24) is 0 Å². The Kier molecular flexibility index (Phi) is 5.04. The van der Waals surface area contributed by atoms with Crippen LogP contribution in [0.4, 0.5) is 0 Å². The fraction of sp³-hybridized carbons (Fsp3) is 1.00. The van der Waals surface area contributed by atoms with E-state index in [9.17, 15) is 0 Å². The van der Waals surface area contributed by atoms with Crippen molar-refractivity contribution in [2.75, 3.05) is 18.1 Å². The predicted octanol–water partition coefficient (Wildman–Crippen LogP) is 2.29. The largest absolute Gasteiger partial charge is 0.396 e. The van der Waals surface area contributed by atoms with Gasteiger partial charge in [0.2, 0.25) is 0 Å². The molecule has 0 spiro atoms. The van der Waals surface area contributed by atoms with Gasteiger partial charge in [0.1, 0.15) is 0 Å². The van der Waals surface area contributed by atoms with Gasteiger partial charge in [0.25, 0.3) is 0 Å². The highest BCUT2D eigenvalue weighted by Crippen LogP contribution is 2.25. The van der Waals surface area contributed by atoms with Crippen LogP contribution < -0.4 is 0 Å². The normalized spacial score (nSPS) is 26.5. The molecule has 0 saturated carbocycles. The summed E-state index contributed by atoms with van der Waals surface area (Å²) in [5.74, 6) is 3.61. The number of aliphatic hydroxyl groups excluding tert-OH is 1. The summed E-state index contributed by atoms with van der Waals surface area (Å²) in [7, 11) is 0. The van der Waals surface area contributed by atoms with Gasteiger partial charge in [0.05, 0.1) is 0 Å². The van der Waals surface area contributed by atoms with E-state index in [1.807, 2.05) is 0 Å². The summed E-state index contributed by atoms with van der Waals surface area (Å²) in [6.45, 7) is 0.379. The Morgan fingerprint density at radius 2 is 2.18 bits per heavy atom. The maximum atomic E-state index is 8.66. The Bertz CT molecular complexity index is 87.6. The van der Waals surface area contributed by atoms with E-state index in [0.717, 1.165) is 12.3 Å². The third-order valence-corrected chi connectivity index (χ3v) is 3.44. The van der Waals surface area contributed by atoms with Crippen LogP contribution in [0.2, 0.25) is 0 Å². The minimum atomic E-state index is 0.379. The van der Waals surface area contributed by atoms with Crippen LogP contribution in [0.1, 0.15) is 32.1 Å². The van der Waals surface area contributed by atoms with Crippen LogP contribution in [0.25, 0.3) is 0 Å². The van der Waals surface area contributed by atoms with E-state index in [0.29, 0.717) is 6.61 Å². The van der Waals surface area contributed by atoms with Crippen molar-refractivity contribution < 1.29 is 5.11 Å². The van der Waals surface area contributed by atoms with Crippen molar-refractivity contribution >= 4 is 11.8 Å². The van der Waals surface area contributed by atoms with Gasteiger partial charge >= 0.3 is 0 Å². The smallest absolute Gasteiger partial charge is 0.0431 e. The van der Waals surface area contributed by atoms with Crippen molar-refractivity contribution in [1.29, 1.82) is 0 Å². The first kappa shape index (κ1) is 9.40. The van der Waals surface area contributed by atoms with Gasteiger partial charge in [-0.25, -0.2) is 0 Å². The zero-order valence-corrected chi connectivity index (χ0v) is 7.91. The average molecular weight is 174 g/mol. The number of aliphatic hydroxyl groups is 1. The molecule has 11 heavy (non-hydrogen) atoms. The molecule has 1 aliphatic heterocycles. The molecule has 0 bridgehead atoms. The molecule has 0 radical (unpaired) electrons. The third-order valence-electron chi connectivity index (χ3n) is 2.34. The fourth-order valence-corrected chi connectivity index (χ4v) is 2.71. The van der Waals surface area contributed by atoms with Gasteiger partial charge in [-0.3, -0.25) is 0 Å². The summed E-state index contributed by atoms with van der Waals surface area (Å²) in [5.41, 5.74) is 0. The second kappa shape index (κ2) is 5.90. The lowest BCUT2D eigenvalue weighted by atomic mass is 9.96. The monoisotopic (exact) mass is 174 g/mol. The van der Waals surface area contributed by atoms with Gasteiger partial charge in [-0.1, -0.05) is 0 Å². The standard InChI is InChI=1S/C9H18OS/c10-6-1-3-9-4-2-7-11-8-5-9/h9-10H,1-8H2. The summed E-state index contributed by atoms with van der Waals surface area (Å²) in [6, 6.07) is 0. The number of thioether (sulfide) groups is 1. The number of hydrogen-bond donors (Lipinski definition) is 1. The molecule has 1 nitrogen and oxygen atoms in total. The van der Waals surface area contributed by atoms with Crippen LogP contribution >= 0.6 is 11.8 Å². The van der Waals surface area contributed by atoms with Gasteiger partial charge in [-0.05, 0) is 49.5 Å². The predicted molar refractivity (Wildman–Crippen MR) is 51.0 cm³/mol. The molecule has 0 amide bonds. The van der Waals surface area contributed by atoms with Gasteiger partial charge in [-0.15, -0.1) is 0 Å². The van der Waals surface area contributed by atoms with Crippen LogP contribution in [-0.4, -0.2) is 23.2 Å². The molecule has 1 fully saturated rings. The van der Waals surface area contributed by atoms with Crippen molar-refractivity contribution in [3.63, 3.8) is 0 Å². The second-order valence-corrected chi connectivity index (χ2v) is 4.50. The molecule has 1 atom stereocenters. The third kappa shape index (κ3) is 4.02. The molecular weight excluding hydrogens is 156 g/mol. The summed E-state index contributed by atoms with van der Waals surface area (Å²) in [5, 5.41) is 8.66. The summed E-state index contributed by atoms with van der Waals surface area (Å²) >= 11 is 2.09. The Morgan fingerprint density at radius 1 is 1.27 bits per heavy atom. The first-order valence-corrected chi connectivity index (χ1v) is 5.77. The van der Waals surface area contributed by atoms with Crippen molar-refractivity contribution in [3.05, 3.63) is 0 Å². The van der Waals surface area contributed by atoms with E-state index in [1.54, 1.807) is 0 Å². The van der Waals surface area contributed by atoms with Gasteiger partial charge in [-0.2, -0.15) is 11.8 Å². The zero-order chi connectivity index (χ0) is 7.94. The first-order valence-electron chi connectivity index (χ1n) is 4.62. The summed E-state index contributed by atoms with van der Waals surface area (Å²) in [6.07, 6.45) is 6.42. The maximum absolute atomic E-state index is 8.66. The highest BCUT2D eigenvalue weighted by Gasteiger charge is 2.11. The molecule has 1 saturated heterocycles. The van der Waals surface area contributed by atoms with Crippen LogP contribution in [-0.2, 0) is 0 Å². The molecular formula is C9H18OS. The highest BCUT2D eigenvalue weighted by atomic mass is 32.2. The second-order valence-electron chi connectivity index (χ2n) is 3.28. The minimum absolute atomic E-state index is 0.379. The molecule has 1 unspecified atom stereocenters. The van der Waals surface area contributed by atoms with Crippen LogP contribution in [0.5, 0.6) is 0 Å². The van der Waals surface area contributed by atoms with Crippen LogP contribution in [0.3, 0.4) is 0 Å². The van der Waals surface area contributed by atoms with E-state index in [1.165, 1.54) is 37.2 Å². The molecule has 66 valence electrons. The quantitative estimate of drug-likeness (QED) is 0.708. The molecule has 0 aromatic carbocycles. The van der Waals surface area contributed by atoms with Crippen LogP contribution in [0, 0.1) is 5.92 Å². The SMILES string of the molecule is OCCCC1CCCSCC1. The van der Waals surface area contributed by atoms with Gasteiger partial charge in [0, 0.05) is 6.61 Å². The lowest BCUT2D eigenvalue weighted by Gasteiger charge is -2.11. The Labute approximate surface area is 73.6 Å². The van der Waals surface area contributed by atoms with Gasteiger partial charge in [0.15, 0.2) is 0 Å². The van der Waals surface area contributed by atoms with Gasteiger partial charge < -0.3 is 5.11 Å². The molecule has 1 aliphatic rings. The lowest BCUT2D eigenvalue weighted by molar-refractivity contribution is 0.267. The number of rotatable bonds is 3. The lowest BCUT2D eigenvalue weighted by Crippen LogP contribution is -2.01. The minimum Gasteiger partial charge on any atom is -0.396 e. The molecule has 1 heterocycles. The van der Waals surface area contributed by atoms with Crippen molar-refractivity contribution in [3.8, 4) is 0 Å². The van der Waals surface area contributed by atoms with E-state index >= 15 is 0 Å². The number of hydrogen-bond acceptors (Lipinski definition) is 2. The molecule has 2 heteroatoms. The Hall–Kier alpha value is 0.310. The van der Waals surface area contributed by atoms with E-state index in [2.05, 4.69) is 11.8 Å². The van der Waals surface area contributed by atoms with Crippen LogP contribution in [0.15, 0.2) is 0 Å². The fourth-order valence-electron chi connectivity index (χ4n) is 1.64. The highest BCUT2D eigenvalue weighted by molar-refractivity contribution is 7.99.